The van der Waals surface area contributed by atoms with Crippen LogP contribution in [0.4, 0.5) is 0 Å². The standard InChI is InChI=1S/C16H27N3O/c1-4-19(11-7-10-16(20)18(2)3)13-15-9-6-5-8-14(15)12-17/h5-6,8-9H,4,7,10-13,17H2,1-3H3. The quantitative estimate of drug-likeness (QED) is 0.789. The fraction of sp³-hybridized carbons (Fsp3) is 0.562. The van der Waals surface area contributed by atoms with Crippen LogP contribution in [0.3, 0.4) is 0 Å². The molecule has 0 aromatic heterocycles. The second kappa shape index (κ2) is 8.72. The molecule has 0 saturated carbocycles. The minimum atomic E-state index is 0.198. The highest BCUT2D eigenvalue weighted by atomic mass is 16.2. The van der Waals surface area contributed by atoms with Crippen molar-refractivity contribution in [3.63, 3.8) is 0 Å². The molecular weight excluding hydrogens is 250 g/mol. The van der Waals surface area contributed by atoms with Gasteiger partial charge in [-0.3, -0.25) is 9.69 Å². The zero-order chi connectivity index (χ0) is 15.0. The van der Waals surface area contributed by atoms with Crippen LogP contribution < -0.4 is 5.73 Å². The van der Waals surface area contributed by atoms with Gasteiger partial charge in [-0.15, -0.1) is 0 Å². The lowest BCUT2D eigenvalue weighted by atomic mass is 10.1. The molecule has 0 spiro atoms. The lowest BCUT2D eigenvalue weighted by molar-refractivity contribution is -0.128. The van der Waals surface area contributed by atoms with Crippen LogP contribution in [-0.2, 0) is 17.9 Å². The van der Waals surface area contributed by atoms with Crippen LogP contribution in [0.1, 0.15) is 30.9 Å². The molecule has 0 aliphatic carbocycles. The molecule has 0 aliphatic heterocycles. The number of amides is 1. The highest BCUT2D eigenvalue weighted by Gasteiger charge is 2.09. The number of carbonyl (C=O) groups excluding carboxylic acids is 1. The van der Waals surface area contributed by atoms with Crippen molar-refractivity contribution < 1.29 is 4.79 Å². The van der Waals surface area contributed by atoms with Crippen molar-refractivity contribution in [3.05, 3.63) is 35.4 Å². The lowest BCUT2D eigenvalue weighted by Crippen LogP contribution is -2.27. The Bertz CT molecular complexity index is 418. The van der Waals surface area contributed by atoms with E-state index in [2.05, 4.69) is 30.0 Å². The number of benzene rings is 1. The Labute approximate surface area is 122 Å². The van der Waals surface area contributed by atoms with E-state index in [0.717, 1.165) is 26.1 Å². The van der Waals surface area contributed by atoms with Gasteiger partial charge in [-0.05, 0) is 30.6 Å². The van der Waals surface area contributed by atoms with Crippen LogP contribution in [0.2, 0.25) is 0 Å². The molecule has 20 heavy (non-hydrogen) atoms. The van der Waals surface area contributed by atoms with E-state index in [4.69, 9.17) is 5.73 Å². The number of hydrogen-bond donors (Lipinski definition) is 1. The van der Waals surface area contributed by atoms with E-state index in [1.807, 2.05) is 6.07 Å². The summed E-state index contributed by atoms with van der Waals surface area (Å²) >= 11 is 0. The monoisotopic (exact) mass is 277 g/mol. The number of nitrogens with two attached hydrogens (primary N) is 1. The van der Waals surface area contributed by atoms with E-state index >= 15 is 0 Å². The number of rotatable bonds is 8. The number of hydrogen-bond acceptors (Lipinski definition) is 3. The van der Waals surface area contributed by atoms with Crippen LogP contribution in [0, 0.1) is 0 Å². The highest BCUT2D eigenvalue weighted by molar-refractivity contribution is 5.75. The van der Waals surface area contributed by atoms with Gasteiger partial charge >= 0.3 is 0 Å². The molecule has 1 rings (SSSR count). The number of carbonyl (C=O) groups is 1. The Morgan fingerprint density at radius 3 is 2.40 bits per heavy atom. The molecule has 0 radical (unpaired) electrons. The van der Waals surface area contributed by atoms with Gasteiger partial charge in [0, 0.05) is 33.6 Å². The van der Waals surface area contributed by atoms with Gasteiger partial charge in [0.05, 0.1) is 0 Å². The SMILES string of the molecule is CCN(CCCC(=O)N(C)C)Cc1ccccc1CN. The molecule has 4 nitrogen and oxygen atoms in total. The molecule has 4 heteroatoms. The third-order valence-corrected chi connectivity index (χ3v) is 3.54. The molecule has 0 saturated heterocycles. The molecular formula is C16H27N3O. The average Bonchev–Trinajstić information content (AvgIpc) is 2.46. The van der Waals surface area contributed by atoms with Crippen LogP contribution in [0.5, 0.6) is 0 Å². The van der Waals surface area contributed by atoms with Crippen molar-refractivity contribution >= 4 is 5.91 Å². The minimum Gasteiger partial charge on any atom is -0.349 e. The second-order valence-corrected chi connectivity index (χ2v) is 5.23. The van der Waals surface area contributed by atoms with Crippen LogP contribution >= 0.6 is 0 Å². The Hall–Kier alpha value is -1.39. The summed E-state index contributed by atoms with van der Waals surface area (Å²) in [6, 6.07) is 8.30. The molecule has 0 heterocycles. The Kier molecular flexibility index (Phi) is 7.26. The zero-order valence-corrected chi connectivity index (χ0v) is 12.9. The van der Waals surface area contributed by atoms with Gasteiger partial charge in [-0.2, -0.15) is 0 Å². The Morgan fingerprint density at radius 1 is 1.20 bits per heavy atom. The minimum absolute atomic E-state index is 0.198. The summed E-state index contributed by atoms with van der Waals surface area (Å²) in [7, 11) is 3.61. The maximum atomic E-state index is 11.6. The van der Waals surface area contributed by atoms with Crippen molar-refractivity contribution in [1.82, 2.24) is 9.80 Å². The van der Waals surface area contributed by atoms with Gasteiger partial charge in [-0.1, -0.05) is 31.2 Å². The molecule has 112 valence electrons. The first-order chi connectivity index (χ1) is 9.58. The fourth-order valence-corrected chi connectivity index (χ4v) is 2.18. The molecule has 0 unspecified atom stereocenters. The van der Waals surface area contributed by atoms with Crippen molar-refractivity contribution in [2.24, 2.45) is 5.73 Å². The molecule has 0 fully saturated rings. The summed E-state index contributed by atoms with van der Waals surface area (Å²) in [6.07, 6.45) is 1.51. The summed E-state index contributed by atoms with van der Waals surface area (Å²) in [5.74, 6) is 0.198. The van der Waals surface area contributed by atoms with Gasteiger partial charge in [0.15, 0.2) is 0 Å². The predicted octanol–water partition coefficient (Wildman–Crippen LogP) is 1.84. The largest absolute Gasteiger partial charge is 0.349 e. The molecule has 0 atom stereocenters. The van der Waals surface area contributed by atoms with Gasteiger partial charge in [0.25, 0.3) is 0 Å². The maximum absolute atomic E-state index is 11.6. The summed E-state index contributed by atoms with van der Waals surface area (Å²) in [4.78, 5) is 15.6. The van der Waals surface area contributed by atoms with Crippen molar-refractivity contribution in [3.8, 4) is 0 Å². The third kappa shape index (κ3) is 5.31. The molecule has 0 bridgehead atoms. The van der Waals surface area contributed by atoms with Crippen LogP contribution in [0.15, 0.2) is 24.3 Å². The van der Waals surface area contributed by atoms with Crippen LogP contribution in [0.25, 0.3) is 0 Å². The third-order valence-electron chi connectivity index (χ3n) is 3.54. The molecule has 1 aromatic rings. The first-order valence-electron chi connectivity index (χ1n) is 7.27. The molecule has 0 aliphatic rings. The topological polar surface area (TPSA) is 49.6 Å². The first-order valence-corrected chi connectivity index (χ1v) is 7.27. The van der Waals surface area contributed by atoms with Crippen molar-refractivity contribution in [2.45, 2.75) is 32.9 Å². The Balaban J connectivity index is 2.49. The van der Waals surface area contributed by atoms with Gasteiger partial charge in [0.2, 0.25) is 5.91 Å². The first kappa shape index (κ1) is 16.7. The van der Waals surface area contributed by atoms with E-state index in [9.17, 15) is 4.79 Å². The predicted molar refractivity (Wildman–Crippen MR) is 83.2 cm³/mol. The van der Waals surface area contributed by atoms with Gasteiger partial charge in [0.1, 0.15) is 0 Å². The van der Waals surface area contributed by atoms with Crippen molar-refractivity contribution in [1.29, 1.82) is 0 Å². The summed E-state index contributed by atoms with van der Waals surface area (Å²) in [5, 5.41) is 0. The van der Waals surface area contributed by atoms with Crippen LogP contribution in [-0.4, -0.2) is 42.9 Å². The van der Waals surface area contributed by atoms with E-state index in [1.165, 1.54) is 11.1 Å². The van der Waals surface area contributed by atoms with E-state index < -0.39 is 0 Å². The fourth-order valence-electron chi connectivity index (χ4n) is 2.18. The van der Waals surface area contributed by atoms with E-state index in [1.54, 1.807) is 19.0 Å². The summed E-state index contributed by atoms with van der Waals surface area (Å²) in [6.45, 7) is 5.55. The molecule has 1 aromatic carbocycles. The molecule has 1 amide bonds. The smallest absolute Gasteiger partial charge is 0.222 e. The number of nitrogens with zero attached hydrogens (tertiary/aromatic N) is 2. The van der Waals surface area contributed by atoms with Crippen molar-refractivity contribution in [2.75, 3.05) is 27.2 Å². The maximum Gasteiger partial charge on any atom is 0.222 e. The highest BCUT2D eigenvalue weighted by Crippen LogP contribution is 2.11. The summed E-state index contributed by atoms with van der Waals surface area (Å²) < 4.78 is 0. The second-order valence-electron chi connectivity index (χ2n) is 5.23. The summed E-state index contributed by atoms with van der Waals surface area (Å²) in [5.41, 5.74) is 8.26. The molecule has 2 N–H and O–H groups in total. The zero-order valence-electron chi connectivity index (χ0n) is 12.9. The normalized spacial score (nSPS) is 10.8. The van der Waals surface area contributed by atoms with Gasteiger partial charge < -0.3 is 10.6 Å². The van der Waals surface area contributed by atoms with Gasteiger partial charge in [-0.25, -0.2) is 0 Å². The van der Waals surface area contributed by atoms with E-state index in [0.29, 0.717) is 13.0 Å². The average molecular weight is 277 g/mol. The van der Waals surface area contributed by atoms with E-state index in [-0.39, 0.29) is 5.91 Å². The lowest BCUT2D eigenvalue weighted by Gasteiger charge is -2.22. The Morgan fingerprint density at radius 2 is 1.85 bits per heavy atom.